The van der Waals surface area contributed by atoms with Gasteiger partial charge in [-0.25, -0.2) is 9.97 Å². The van der Waals surface area contributed by atoms with Gasteiger partial charge in [0.2, 0.25) is 5.91 Å². The SMILES string of the molecule is Cc1nc(N)ccc1CNCCn1c(C)cnc(NC(Cc2ccccc2)C(N)=O)c1=O. The summed E-state index contributed by atoms with van der Waals surface area (Å²) in [6.07, 6.45) is 1.97. The Balaban J connectivity index is 1.66. The summed E-state index contributed by atoms with van der Waals surface area (Å²) in [6.45, 7) is 5.36. The monoisotopic (exact) mass is 435 g/mol. The quantitative estimate of drug-likeness (QED) is 0.350. The average Bonchev–Trinajstić information content (AvgIpc) is 2.76. The third kappa shape index (κ3) is 5.92. The van der Waals surface area contributed by atoms with Gasteiger partial charge in [0, 0.05) is 43.6 Å². The molecule has 168 valence electrons. The van der Waals surface area contributed by atoms with Crippen molar-refractivity contribution in [3.05, 3.63) is 81.5 Å². The van der Waals surface area contributed by atoms with Crippen molar-refractivity contribution in [1.82, 2.24) is 19.9 Å². The van der Waals surface area contributed by atoms with Crippen molar-refractivity contribution in [2.24, 2.45) is 5.73 Å². The van der Waals surface area contributed by atoms with Crippen LogP contribution in [0.5, 0.6) is 0 Å². The van der Waals surface area contributed by atoms with Gasteiger partial charge in [-0.3, -0.25) is 9.59 Å². The fourth-order valence-corrected chi connectivity index (χ4v) is 3.40. The lowest BCUT2D eigenvalue weighted by atomic mass is 10.1. The zero-order valence-electron chi connectivity index (χ0n) is 18.3. The van der Waals surface area contributed by atoms with E-state index in [1.165, 1.54) is 0 Å². The van der Waals surface area contributed by atoms with E-state index in [9.17, 15) is 9.59 Å². The second-order valence-corrected chi connectivity index (χ2v) is 7.65. The average molecular weight is 436 g/mol. The van der Waals surface area contributed by atoms with Crippen molar-refractivity contribution in [2.45, 2.75) is 39.4 Å². The molecule has 9 nitrogen and oxygen atoms in total. The predicted octanol–water partition coefficient (Wildman–Crippen LogP) is 1.14. The van der Waals surface area contributed by atoms with Crippen LogP contribution in [0, 0.1) is 13.8 Å². The van der Waals surface area contributed by atoms with Crippen LogP contribution in [0.4, 0.5) is 11.6 Å². The molecule has 0 saturated heterocycles. The van der Waals surface area contributed by atoms with Crippen LogP contribution in [0.15, 0.2) is 53.5 Å². The van der Waals surface area contributed by atoms with Crippen LogP contribution in [0.2, 0.25) is 0 Å². The van der Waals surface area contributed by atoms with Gasteiger partial charge in [0.1, 0.15) is 11.9 Å². The molecule has 0 spiro atoms. The zero-order chi connectivity index (χ0) is 23.1. The minimum Gasteiger partial charge on any atom is -0.384 e. The van der Waals surface area contributed by atoms with E-state index in [4.69, 9.17) is 11.5 Å². The highest BCUT2D eigenvalue weighted by Gasteiger charge is 2.19. The highest BCUT2D eigenvalue weighted by molar-refractivity contribution is 5.83. The molecule has 2 heterocycles. The minimum atomic E-state index is -0.743. The highest BCUT2D eigenvalue weighted by atomic mass is 16.1. The maximum absolute atomic E-state index is 13.0. The molecule has 9 heteroatoms. The summed E-state index contributed by atoms with van der Waals surface area (Å²) in [4.78, 5) is 33.4. The summed E-state index contributed by atoms with van der Waals surface area (Å²) in [5.41, 5.74) is 14.5. The van der Waals surface area contributed by atoms with E-state index >= 15 is 0 Å². The molecule has 1 atom stereocenters. The van der Waals surface area contributed by atoms with E-state index < -0.39 is 11.9 Å². The first-order valence-corrected chi connectivity index (χ1v) is 10.4. The number of hydrogen-bond acceptors (Lipinski definition) is 7. The molecule has 3 rings (SSSR count). The van der Waals surface area contributed by atoms with Crippen molar-refractivity contribution in [1.29, 1.82) is 0 Å². The summed E-state index contributed by atoms with van der Waals surface area (Å²) < 4.78 is 1.62. The lowest BCUT2D eigenvalue weighted by Gasteiger charge is -2.18. The number of primary amides is 1. The summed E-state index contributed by atoms with van der Waals surface area (Å²) in [7, 11) is 0. The number of aromatic nitrogens is 3. The number of carbonyl (C=O) groups is 1. The molecule has 32 heavy (non-hydrogen) atoms. The van der Waals surface area contributed by atoms with Crippen LogP contribution in [-0.4, -0.2) is 33.0 Å². The van der Waals surface area contributed by atoms with Gasteiger partial charge >= 0.3 is 0 Å². The van der Waals surface area contributed by atoms with Gasteiger partial charge in [0.25, 0.3) is 5.56 Å². The summed E-state index contributed by atoms with van der Waals surface area (Å²) in [5, 5.41) is 6.25. The van der Waals surface area contributed by atoms with Gasteiger partial charge in [-0.05, 0) is 31.0 Å². The second kappa shape index (κ2) is 10.5. The number of nitrogen functional groups attached to an aromatic ring is 1. The minimum absolute atomic E-state index is 0.105. The molecule has 0 radical (unpaired) electrons. The fourth-order valence-electron chi connectivity index (χ4n) is 3.40. The largest absolute Gasteiger partial charge is 0.384 e. The lowest BCUT2D eigenvalue weighted by molar-refractivity contribution is -0.118. The van der Waals surface area contributed by atoms with E-state index in [2.05, 4.69) is 20.6 Å². The van der Waals surface area contributed by atoms with Crippen molar-refractivity contribution < 1.29 is 4.79 Å². The molecule has 3 aromatic rings. The number of nitrogens with one attached hydrogen (secondary N) is 2. The number of aryl methyl sites for hydroxylation is 2. The number of nitrogens with zero attached hydrogens (tertiary/aromatic N) is 3. The Hall–Kier alpha value is -3.72. The van der Waals surface area contributed by atoms with Gasteiger partial charge in [-0.1, -0.05) is 36.4 Å². The molecular weight excluding hydrogens is 406 g/mol. The standard InChI is InChI=1S/C23H29N7O2/c1-15-13-27-22(29-19(21(25)31)12-17-6-4-3-5-7-17)23(32)30(15)11-10-26-14-18-8-9-20(24)28-16(18)2/h3-9,13,19,26H,10-12,14H2,1-2H3,(H2,24,28)(H2,25,31)(H,27,29). The first-order valence-electron chi connectivity index (χ1n) is 10.4. The maximum atomic E-state index is 13.0. The van der Waals surface area contributed by atoms with Crippen LogP contribution in [0.1, 0.15) is 22.5 Å². The van der Waals surface area contributed by atoms with Crippen molar-refractivity contribution in [3.8, 4) is 0 Å². The van der Waals surface area contributed by atoms with E-state index in [1.54, 1.807) is 16.8 Å². The molecule has 0 saturated carbocycles. The Morgan fingerprint density at radius 1 is 1.16 bits per heavy atom. The van der Waals surface area contributed by atoms with Gasteiger partial charge < -0.3 is 26.7 Å². The third-order valence-electron chi connectivity index (χ3n) is 5.24. The first-order chi connectivity index (χ1) is 15.3. The molecule has 0 fully saturated rings. The van der Waals surface area contributed by atoms with Crippen molar-refractivity contribution >= 4 is 17.5 Å². The van der Waals surface area contributed by atoms with Gasteiger partial charge in [0.05, 0.1) is 0 Å². The molecule has 2 aromatic heterocycles. The lowest BCUT2D eigenvalue weighted by Crippen LogP contribution is -2.40. The summed E-state index contributed by atoms with van der Waals surface area (Å²) in [5.74, 6) is 0.0528. The number of pyridine rings is 1. The number of anilines is 2. The molecule has 0 aliphatic carbocycles. The fraction of sp³-hybridized carbons (Fsp3) is 0.304. The summed E-state index contributed by atoms with van der Waals surface area (Å²) >= 11 is 0. The van der Waals surface area contributed by atoms with Crippen LogP contribution < -0.4 is 27.7 Å². The highest BCUT2D eigenvalue weighted by Crippen LogP contribution is 2.09. The molecular formula is C23H29N7O2. The van der Waals surface area contributed by atoms with E-state index in [-0.39, 0.29) is 11.4 Å². The molecule has 0 aliphatic heterocycles. The topological polar surface area (TPSA) is 141 Å². The Morgan fingerprint density at radius 3 is 2.59 bits per heavy atom. The molecule has 0 bridgehead atoms. The molecule has 6 N–H and O–H groups in total. The normalized spacial score (nSPS) is 11.8. The number of hydrogen-bond donors (Lipinski definition) is 4. The number of carbonyl (C=O) groups excluding carboxylic acids is 1. The van der Waals surface area contributed by atoms with E-state index in [1.807, 2.05) is 50.2 Å². The zero-order valence-corrected chi connectivity index (χ0v) is 18.3. The van der Waals surface area contributed by atoms with Gasteiger partial charge in [-0.15, -0.1) is 0 Å². The van der Waals surface area contributed by atoms with E-state index in [0.717, 1.165) is 22.5 Å². The van der Waals surface area contributed by atoms with Crippen molar-refractivity contribution in [3.63, 3.8) is 0 Å². The van der Waals surface area contributed by atoms with Crippen LogP contribution in [0.3, 0.4) is 0 Å². The number of amides is 1. The van der Waals surface area contributed by atoms with Crippen molar-refractivity contribution in [2.75, 3.05) is 17.6 Å². The van der Waals surface area contributed by atoms with Gasteiger partial charge in [0.15, 0.2) is 5.82 Å². The summed E-state index contributed by atoms with van der Waals surface area (Å²) in [6, 6.07) is 12.4. The second-order valence-electron chi connectivity index (χ2n) is 7.65. The Labute approximate surface area is 186 Å². The molecule has 1 aromatic carbocycles. The van der Waals surface area contributed by atoms with E-state index in [0.29, 0.717) is 31.9 Å². The van der Waals surface area contributed by atoms with Crippen LogP contribution >= 0.6 is 0 Å². The predicted molar refractivity (Wildman–Crippen MR) is 125 cm³/mol. The Morgan fingerprint density at radius 2 is 1.91 bits per heavy atom. The molecule has 1 unspecified atom stereocenters. The Kier molecular flexibility index (Phi) is 7.56. The smallest absolute Gasteiger partial charge is 0.293 e. The Bertz CT molecular complexity index is 1130. The maximum Gasteiger partial charge on any atom is 0.293 e. The number of rotatable bonds is 10. The van der Waals surface area contributed by atoms with Crippen LogP contribution in [-0.2, 0) is 24.3 Å². The van der Waals surface area contributed by atoms with Crippen LogP contribution in [0.25, 0.3) is 0 Å². The molecule has 0 aliphatic rings. The van der Waals surface area contributed by atoms with Gasteiger partial charge in [-0.2, -0.15) is 0 Å². The first kappa shape index (κ1) is 23.0. The third-order valence-corrected chi connectivity index (χ3v) is 5.24. The molecule has 1 amide bonds. The number of benzene rings is 1. The number of nitrogens with two attached hydrogens (primary N) is 2.